The number of pyridine rings is 1. The van der Waals surface area contributed by atoms with E-state index in [1.54, 1.807) is 29.4 Å². The number of piperidine rings is 1. The maximum Gasteiger partial charge on any atom is 0.305 e. The summed E-state index contributed by atoms with van der Waals surface area (Å²) in [6.45, 7) is 1.49. The molecule has 0 atom stereocenters. The van der Waals surface area contributed by atoms with Crippen LogP contribution in [0.3, 0.4) is 0 Å². The van der Waals surface area contributed by atoms with E-state index in [1.807, 2.05) is 0 Å². The lowest BCUT2D eigenvalue weighted by molar-refractivity contribution is -0.138. The number of likely N-dealkylation sites (tertiary alicyclic amines) is 1. The molecule has 1 fully saturated rings. The summed E-state index contributed by atoms with van der Waals surface area (Å²) in [6.07, 6.45) is 4.76. The number of ether oxygens (including phenoxy) is 1. The van der Waals surface area contributed by atoms with Crippen LogP contribution in [0.25, 0.3) is 0 Å². The van der Waals surface area contributed by atoms with E-state index in [0.29, 0.717) is 18.7 Å². The molecule has 108 valence electrons. The van der Waals surface area contributed by atoms with Crippen molar-refractivity contribution in [1.82, 2.24) is 9.88 Å². The quantitative estimate of drug-likeness (QED) is 0.874. The highest BCUT2D eigenvalue weighted by Crippen LogP contribution is 2.16. The van der Waals surface area contributed by atoms with Gasteiger partial charge in [0.2, 0.25) is 0 Å². The first kappa shape index (κ1) is 14.5. The second-order valence-electron chi connectivity index (χ2n) is 4.75. The molecule has 20 heavy (non-hydrogen) atoms. The lowest BCUT2D eigenvalue weighted by Gasteiger charge is -2.31. The van der Waals surface area contributed by atoms with Gasteiger partial charge in [-0.05, 0) is 25.0 Å². The van der Waals surface area contributed by atoms with Crippen molar-refractivity contribution in [2.45, 2.75) is 25.4 Å². The van der Waals surface area contributed by atoms with Crippen molar-refractivity contribution in [2.75, 3.05) is 19.7 Å². The first-order chi connectivity index (χ1) is 9.66. The summed E-state index contributed by atoms with van der Waals surface area (Å²) >= 11 is 0. The molecule has 1 aromatic rings. The smallest absolute Gasteiger partial charge is 0.305 e. The molecule has 2 rings (SSSR count). The van der Waals surface area contributed by atoms with Crippen LogP contribution in [-0.4, -0.2) is 52.7 Å². The largest absolute Gasteiger partial charge is 0.481 e. The number of carboxylic acid groups (broad SMARTS) is 1. The number of hydrogen-bond donors (Lipinski definition) is 1. The van der Waals surface area contributed by atoms with Gasteiger partial charge in [0.25, 0.3) is 5.91 Å². The van der Waals surface area contributed by atoms with Crippen LogP contribution in [0.2, 0.25) is 0 Å². The Morgan fingerprint density at radius 3 is 2.75 bits per heavy atom. The van der Waals surface area contributed by atoms with Crippen LogP contribution < -0.4 is 0 Å². The number of carboxylic acids is 1. The summed E-state index contributed by atoms with van der Waals surface area (Å²) in [5.41, 5.74) is 0.595. The van der Waals surface area contributed by atoms with E-state index in [-0.39, 0.29) is 25.0 Å². The van der Waals surface area contributed by atoms with Crippen molar-refractivity contribution in [3.63, 3.8) is 0 Å². The van der Waals surface area contributed by atoms with E-state index >= 15 is 0 Å². The number of aromatic nitrogens is 1. The van der Waals surface area contributed by atoms with Gasteiger partial charge in [0, 0.05) is 25.5 Å². The molecule has 6 heteroatoms. The normalized spacial score (nSPS) is 16.1. The molecule has 1 N–H and O–H groups in total. The maximum atomic E-state index is 12.2. The number of amides is 1. The molecule has 0 spiro atoms. The summed E-state index contributed by atoms with van der Waals surface area (Å²) in [7, 11) is 0. The van der Waals surface area contributed by atoms with Crippen molar-refractivity contribution < 1.29 is 19.4 Å². The van der Waals surface area contributed by atoms with Gasteiger partial charge in [-0.2, -0.15) is 0 Å². The lowest BCUT2D eigenvalue weighted by atomic mass is 10.1. The third-order valence-corrected chi connectivity index (χ3v) is 3.31. The van der Waals surface area contributed by atoms with Crippen LogP contribution in [0.15, 0.2) is 24.5 Å². The van der Waals surface area contributed by atoms with Gasteiger partial charge in [0.05, 0.1) is 24.7 Å². The van der Waals surface area contributed by atoms with Crippen LogP contribution in [0.4, 0.5) is 0 Å². The Hall–Kier alpha value is -1.95. The zero-order valence-electron chi connectivity index (χ0n) is 11.2. The SMILES string of the molecule is O=C(O)CCOC1CCN(C(=O)c2cccnc2)CC1. The number of hydrogen-bond acceptors (Lipinski definition) is 4. The van der Waals surface area contributed by atoms with E-state index in [1.165, 1.54) is 0 Å². The van der Waals surface area contributed by atoms with Crippen molar-refractivity contribution >= 4 is 11.9 Å². The van der Waals surface area contributed by atoms with Gasteiger partial charge in [-0.25, -0.2) is 0 Å². The minimum absolute atomic E-state index is 0.0120. The van der Waals surface area contributed by atoms with Gasteiger partial charge in [-0.3, -0.25) is 14.6 Å². The van der Waals surface area contributed by atoms with Crippen LogP contribution in [0, 0.1) is 0 Å². The average Bonchev–Trinajstić information content (AvgIpc) is 2.48. The number of aliphatic carboxylic acids is 1. The van der Waals surface area contributed by atoms with E-state index in [0.717, 1.165) is 12.8 Å². The van der Waals surface area contributed by atoms with Gasteiger partial charge >= 0.3 is 5.97 Å². The Balaban J connectivity index is 1.77. The van der Waals surface area contributed by atoms with Crippen LogP contribution in [0.5, 0.6) is 0 Å². The monoisotopic (exact) mass is 278 g/mol. The Kier molecular flexibility index (Phi) is 5.06. The van der Waals surface area contributed by atoms with Crippen LogP contribution in [0.1, 0.15) is 29.6 Å². The first-order valence-corrected chi connectivity index (χ1v) is 6.69. The molecular weight excluding hydrogens is 260 g/mol. The maximum absolute atomic E-state index is 12.2. The molecule has 0 unspecified atom stereocenters. The zero-order chi connectivity index (χ0) is 14.4. The number of carbonyl (C=O) groups excluding carboxylic acids is 1. The molecule has 1 aliphatic rings. The number of nitrogens with zero attached hydrogens (tertiary/aromatic N) is 2. The predicted octanol–water partition coefficient (Wildman–Crippen LogP) is 1.18. The molecule has 0 saturated carbocycles. The summed E-state index contributed by atoms with van der Waals surface area (Å²) < 4.78 is 5.50. The number of rotatable bonds is 5. The van der Waals surface area contributed by atoms with Crippen molar-refractivity contribution in [2.24, 2.45) is 0 Å². The highest BCUT2D eigenvalue weighted by atomic mass is 16.5. The summed E-state index contributed by atoms with van der Waals surface area (Å²) in [6, 6.07) is 3.50. The molecule has 0 aliphatic carbocycles. The van der Waals surface area contributed by atoms with Gasteiger partial charge < -0.3 is 14.7 Å². The molecule has 1 saturated heterocycles. The average molecular weight is 278 g/mol. The standard InChI is InChI=1S/C14H18N2O4/c17-13(18)5-9-20-12-3-7-16(8-4-12)14(19)11-2-1-6-15-10-11/h1-2,6,10,12H,3-5,7-9H2,(H,17,18). The molecule has 1 aliphatic heterocycles. The molecule has 0 bridgehead atoms. The molecule has 1 amide bonds. The van der Waals surface area contributed by atoms with Gasteiger partial charge in [-0.15, -0.1) is 0 Å². The third-order valence-electron chi connectivity index (χ3n) is 3.31. The predicted molar refractivity (Wildman–Crippen MR) is 71.4 cm³/mol. The Bertz CT molecular complexity index is 456. The summed E-state index contributed by atoms with van der Waals surface area (Å²) in [5, 5.41) is 8.55. The van der Waals surface area contributed by atoms with Crippen molar-refractivity contribution in [3.8, 4) is 0 Å². The van der Waals surface area contributed by atoms with Crippen molar-refractivity contribution in [1.29, 1.82) is 0 Å². The number of carbonyl (C=O) groups is 2. The third kappa shape index (κ3) is 4.03. The Labute approximate surface area is 117 Å². The molecule has 2 heterocycles. The Morgan fingerprint density at radius 1 is 1.40 bits per heavy atom. The Morgan fingerprint density at radius 2 is 2.15 bits per heavy atom. The van der Waals surface area contributed by atoms with E-state index in [9.17, 15) is 9.59 Å². The van der Waals surface area contributed by atoms with Gasteiger partial charge in [0.1, 0.15) is 0 Å². The highest BCUT2D eigenvalue weighted by Gasteiger charge is 2.24. The van der Waals surface area contributed by atoms with Gasteiger partial charge in [-0.1, -0.05) is 0 Å². The molecule has 0 aromatic carbocycles. The zero-order valence-corrected chi connectivity index (χ0v) is 11.2. The minimum Gasteiger partial charge on any atom is -0.481 e. The molecule has 1 aromatic heterocycles. The van der Waals surface area contributed by atoms with E-state index in [2.05, 4.69) is 4.98 Å². The molecular formula is C14H18N2O4. The second kappa shape index (κ2) is 7.00. The molecule has 0 radical (unpaired) electrons. The lowest BCUT2D eigenvalue weighted by Crippen LogP contribution is -2.41. The fourth-order valence-electron chi connectivity index (χ4n) is 2.21. The summed E-state index contributed by atoms with van der Waals surface area (Å²) in [4.78, 5) is 28.3. The fourth-order valence-corrected chi connectivity index (χ4v) is 2.21. The summed E-state index contributed by atoms with van der Waals surface area (Å²) in [5.74, 6) is -0.865. The minimum atomic E-state index is -0.853. The van der Waals surface area contributed by atoms with Crippen molar-refractivity contribution in [3.05, 3.63) is 30.1 Å². The fraction of sp³-hybridized carbons (Fsp3) is 0.500. The molecule has 6 nitrogen and oxygen atoms in total. The first-order valence-electron chi connectivity index (χ1n) is 6.69. The topological polar surface area (TPSA) is 79.7 Å². The van der Waals surface area contributed by atoms with Gasteiger partial charge in [0.15, 0.2) is 0 Å². The van der Waals surface area contributed by atoms with Crippen LogP contribution >= 0.6 is 0 Å². The van der Waals surface area contributed by atoms with E-state index in [4.69, 9.17) is 9.84 Å². The van der Waals surface area contributed by atoms with E-state index < -0.39 is 5.97 Å². The highest BCUT2D eigenvalue weighted by molar-refractivity contribution is 5.93. The van der Waals surface area contributed by atoms with Crippen LogP contribution in [-0.2, 0) is 9.53 Å². The second-order valence-corrected chi connectivity index (χ2v) is 4.75.